The second-order valence-electron chi connectivity index (χ2n) is 5.26. The largest absolute Gasteiger partial charge is 0.488 e. The molecule has 2 aromatic heterocycles. The van der Waals surface area contributed by atoms with Crippen molar-refractivity contribution in [3.05, 3.63) is 58.8 Å². The number of rotatable bonds is 3. The zero-order chi connectivity index (χ0) is 15.4. The fourth-order valence-corrected chi connectivity index (χ4v) is 2.59. The number of carbonyl (C=O) groups is 1. The number of nitrogens with zero attached hydrogens (tertiary/aromatic N) is 2. The Bertz CT molecular complexity index is 699. The average Bonchev–Trinajstić information content (AvgIpc) is 2.55. The van der Waals surface area contributed by atoms with Crippen molar-refractivity contribution in [3.63, 3.8) is 0 Å². The van der Waals surface area contributed by atoms with Crippen molar-refractivity contribution in [2.24, 2.45) is 0 Å². The molecule has 3 heterocycles. The molecule has 6 nitrogen and oxygen atoms in total. The van der Waals surface area contributed by atoms with Gasteiger partial charge in [0.2, 0.25) is 5.56 Å². The summed E-state index contributed by atoms with van der Waals surface area (Å²) in [5.41, 5.74) is 0.140. The molecule has 1 aliphatic heterocycles. The van der Waals surface area contributed by atoms with Crippen molar-refractivity contribution in [3.8, 4) is 5.75 Å². The van der Waals surface area contributed by atoms with Gasteiger partial charge in [-0.2, -0.15) is 0 Å². The van der Waals surface area contributed by atoms with Gasteiger partial charge in [-0.15, -0.1) is 0 Å². The molecule has 0 bridgehead atoms. The number of likely N-dealkylation sites (tertiary alicyclic amines) is 1. The number of aromatic nitrogens is 2. The maximum atomic E-state index is 12.5. The number of hydrogen-bond donors (Lipinski definition) is 1. The van der Waals surface area contributed by atoms with Gasteiger partial charge in [-0.1, -0.05) is 0 Å². The highest BCUT2D eigenvalue weighted by atomic mass is 16.5. The molecule has 2 aromatic rings. The molecule has 22 heavy (non-hydrogen) atoms. The van der Waals surface area contributed by atoms with E-state index in [2.05, 4.69) is 9.97 Å². The summed E-state index contributed by atoms with van der Waals surface area (Å²) in [5, 5.41) is 0. The van der Waals surface area contributed by atoms with Crippen LogP contribution in [0.25, 0.3) is 0 Å². The Kier molecular flexibility index (Phi) is 4.18. The van der Waals surface area contributed by atoms with E-state index in [1.54, 1.807) is 35.5 Å². The van der Waals surface area contributed by atoms with E-state index in [1.807, 2.05) is 0 Å². The van der Waals surface area contributed by atoms with Crippen molar-refractivity contribution < 1.29 is 9.53 Å². The fourth-order valence-electron chi connectivity index (χ4n) is 2.59. The van der Waals surface area contributed by atoms with Gasteiger partial charge in [-0.25, -0.2) is 0 Å². The van der Waals surface area contributed by atoms with E-state index in [1.165, 1.54) is 12.3 Å². The summed E-state index contributed by atoms with van der Waals surface area (Å²) in [5.74, 6) is 0.625. The quantitative estimate of drug-likeness (QED) is 0.931. The Morgan fingerprint density at radius 2 is 2.14 bits per heavy atom. The first-order valence-corrected chi connectivity index (χ1v) is 7.27. The number of pyridine rings is 2. The fraction of sp³-hybridized carbons (Fsp3) is 0.312. The molecule has 0 spiro atoms. The van der Waals surface area contributed by atoms with Gasteiger partial charge in [0.1, 0.15) is 11.9 Å². The maximum Gasteiger partial charge on any atom is 0.254 e. The van der Waals surface area contributed by atoms with Crippen LogP contribution in [0.5, 0.6) is 5.75 Å². The van der Waals surface area contributed by atoms with E-state index < -0.39 is 0 Å². The smallest absolute Gasteiger partial charge is 0.254 e. The van der Waals surface area contributed by atoms with Crippen LogP contribution in [0.3, 0.4) is 0 Å². The lowest BCUT2D eigenvalue weighted by molar-refractivity contribution is 0.0537. The number of hydrogen-bond acceptors (Lipinski definition) is 4. The first-order chi connectivity index (χ1) is 10.7. The Labute approximate surface area is 127 Å². The van der Waals surface area contributed by atoms with Gasteiger partial charge in [0, 0.05) is 36.8 Å². The summed E-state index contributed by atoms with van der Waals surface area (Å²) in [7, 11) is 0. The predicted molar refractivity (Wildman–Crippen MR) is 80.9 cm³/mol. The van der Waals surface area contributed by atoms with Crippen LogP contribution in [0.15, 0.2) is 47.7 Å². The molecule has 1 atom stereocenters. The zero-order valence-corrected chi connectivity index (χ0v) is 12.1. The van der Waals surface area contributed by atoms with Crippen LogP contribution in [-0.2, 0) is 0 Å². The van der Waals surface area contributed by atoms with Gasteiger partial charge in [-0.05, 0) is 31.0 Å². The van der Waals surface area contributed by atoms with Crippen LogP contribution < -0.4 is 10.3 Å². The van der Waals surface area contributed by atoms with Gasteiger partial charge in [-0.3, -0.25) is 14.6 Å². The van der Waals surface area contributed by atoms with Crippen molar-refractivity contribution in [2.75, 3.05) is 13.1 Å². The lowest BCUT2D eigenvalue weighted by atomic mass is 10.1. The molecule has 1 amide bonds. The van der Waals surface area contributed by atoms with Gasteiger partial charge >= 0.3 is 0 Å². The minimum absolute atomic E-state index is 0.0397. The van der Waals surface area contributed by atoms with Crippen molar-refractivity contribution in [1.82, 2.24) is 14.9 Å². The molecule has 0 radical (unpaired) electrons. The molecule has 0 saturated carbocycles. The van der Waals surface area contributed by atoms with Crippen LogP contribution >= 0.6 is 0 Å². The van der Waals surface area contributed by atoms with Gasteiger partial charge < -0.3 is 14.6 Å². The predicted octanol–water partition coefficient (Wildman–Crippen LogP) is 1.45. The second-order valence-corrected chi connectivity index (χ2v) is 5.26. The molecular weight excluding hydrogens is 282 g/mol. The second kappa shape index (κ2) is 6.43. The molecule has 1 unspecified atom stereocenters. The number of piperidine rings is 1. The standard InChI is InChI=1S/C16H17N3O3/c20-15-10-12(3-8-18-15)16(21)19-9-1-2-14(11-19)22-13-4-6-17-7-5-13/h3-8,10,14H,1-2,9,11H2,(H,18,20). The molecule has 1 N–H and O–H groups in total. The van der Waals surface area contributed by atoms with Crippen molar-refractivity contribution >= 4 is 5.91 Å². The third-order valence-corrected chi connectivity index (χ3v) is 3.64. The highest BCUT2D eigenvalue weighted by Crippen LogP contribution is 2.18. The molecule has 6 heteroatoms. The third-order valence-electron chi connectivity index (χ3n) is 3.64. The van der Waals surface area contributed by atoms with E-state index in [4.69, 9.17) is 4.74 Å². The Balaban J connectivity index is 1.67. The summed E-state index contributed by atoms with van der Waals surface area (Å²) >= 11 is 0. The topological polar surface area (TPSA) is 75.3 Å². The van der Waals surface area contributed by atoms with Crippen LogP contribution in [0, 0.1) is 0 Å². The Morgan fingerprint density at radius 3 is 2.91 bits per heavy atom. The number of nitrogens with one attached hydrogen (secondary N) is 1. The molecule has 0 aromatic carbocycles. The number of ether oxygens (including phenoxy) is 1. The molecule has 114 valence electrons. The number of amides is 1. The Hall–Kier alpha value is -2.63. The summed E-state index contributed by atoms with van der Waals surface area (Å²) in [6.07, 6.45) is 6.59. The van der Waals surface area contributed by atoms with Crippen molar-refractivity contribution in [2.45, 2.75) is 18.9 Å². The van der Waals surface area contributed by atoms with E-state index in [9.17, 15) is 9.59 Å². The molecule has 1 saturated heterocycles. The average molecular weight is 299 g/mol. The molecular formula is C16H17N3O3. The first kappa shape index (κ1) is 14.3. The normalized spacial score (nSPS) is 18.0. The first-order valence-electron chi connectivity index (χ1n) is 7.27. The summed E-state index contributed by atoms with van der Waals surface area (Å²) < 4.78 is 5.89. The van der Waals surface area contributed by atoms with Gasteiger partial charge in [0.25, 0.3) is 5.91 Å². The highest BCUT2D eigenvalue weighted by molar-refractivity contribution is 5.94. The van der Waals surface area contributed by atoms with E-state index in [0.29, 0.717) is 18.7 Å². The van der Waals surface area contributed by atoms with Gasteiger partial charge in [0.05, 0.1) is 6.54 Å². The summed E-state index contributed by atoms with van der Waals surface area (Å²) in [6.45, 7) is 1.20. The molecule has 0 aliphatic carbocycles. The lowest BCUT2D eigenvalue weighted by Gasteiger charge is -2.33. The van der Waals surface area contributed by atoms with Crippen LogP contribution in [0.2, 0.25) is 0 Å². The summed E-state index contributed by atoms with van der Waals surface area (Å²) in [4.78, 5) is 32.0. The molecule has 1 aliphatic rings. The SMILES string of the molecule is O=C(c1cc[nH]c(=O)c1)N1CCCC(Oc2ccncc2)C1. The maximum absolute atomic E-state index is 12.5. The lowest BCUT2D eigenvalue weighted by Crippen LogP contribution is -2.44. The van der Waals surface area contributed by atoms with Crippen LogP contribution in [0.4, 0.5) is 0 Å². The monoisotopic (exact) mass is 299 g/mol. The van der Waals surface area contributed by atoms with Gasteiger partial charge in [0.15, 0.2) is 0 Å². The minimum Gasteiger partial charge on any atom is -0.488 e. The third kappa shape index (κ3) is 3.33. The van der Waals surface area contributed by atoms with E-state index in [0.717, 1.165) is 18.6 Å². The minimum atomic E-state index is -0.271. The van der Waals surface area contributed by atoms with Crippen molar-refractivity contribution in [1.29, 1.82) is 0 Å². The molecule has 3 rings (SSSR count). The van der Waals surface area contributed by atoms with Crippen LogP contribution in [-0.4, -0.2) is 40.0 Å². The number of carbonyl (C=O) groups excluding carboxylic acids is 1. The van der Waals surface area contributed by atoms with E-state index >= 15 is 0 Å². The Morgan fingerprint density at radius 1 is 1.32 bits per heavy atom. The van der Waals surface area contributed by atoms with E-state index in [-0.39, 0.29) is 17.6 Å². The zero-order valence-electron chi connectivity index (χ0n) is 12.1. The highest BCUT2D eigenvalue weighted by Gasteiger charge is 2.25. The number of H-pyrrole nitrogens is 1. The van der Waals surface area contributed by atoms with Crippen LogP contribution in [0.1, 0.15) is 23.2 Å². The molecule has 1 fully saturated rings. The summed E-state index contributed by atoms with van der Waals surface area (Å²) in [6, 6.07) is 6.56. The number of aromatic amines is 1.